The predicted octanol–water partition coefficient (Wildman–Crippen LogP) is 4.53. The first kappa shape index (κ1) is 20.9. The minimum atomic E-state index is 0.524. The minimum absolute atomic E-state index is 0.524. The molecule has 6 nitrogen and oxygen atoms in total. The van der Waals surface area contributed by atoms with Crippen molar-refractivity contribution < 1.29 is 14.2 Å². The normalized spacial score (nSPS) is 14.5. The van der Waals surface area contributed by atoms with Crippen LogP contribution in [0, 0.1) is 0 Å². The third-order valence-corrected chi connectivity index (χ3v) is 6.04. The van der Waals surface area contributed by atoms with Gasteiger partial charge in [-0.1, -0.05) is 30.3 Å². The molecule has 0 amide bonds. The summed E-state index contributed by atoms with van der Waals surface area (Å²) in [4.78, 5) is 5.46. The quantitative estimate of drug-likeness (QED) is 0.513. The van der Waals surface area contributed by atoms with Crippen molar-refractivity contribution in [1.29, 1.82) is 0 Å². The molecule has 0 saturated carbocycles. The molecule has 0 aliphatic heterocycles. The molecule has 1 aliphatic rings. The Morgan fingerprint density at radius 2 is 1.81 bits per heavy atom. The van der Waals surface area contributed by atoms with Gasteiger partial charge in [0.2, 0.25) is 10.6 Å². The molecule has 160 valence electrons. The number of ether oxygens (including phenoxy) is 3. The molecular weight excluding hydrogens is 410 g/mol. The lowest BCUT2D eigenvalue weighted by atomic mass is 10.1. The van der Waals surface area contributed by atoms with Gasteiger partial charge in [0.25, 0.3) is 0 Å². The van der Waals surface area contributed by atoms with Crippen LogP contribution < -0.4 is 19.0 Å². The summed E-state index contributed by atoms with van der Waals surface area (Å²) in [6, 6.07) is 12.3. The van der Waals surface area contributed by atoms with Gasteiger partial charge >= 0.3 is 0 Å². The summed E-state index contributed by atoms with van der Waals surface area (Å²) in [5, 5.41) is 7.09. The third kappa shape index (κ3) is 4.01. The molecule has 0 saturated heterocycles. The number of nitrogens with zero attached hydrogens (tertiary/aromatic N) is 3. The van der Waals surface area contributed by atoms with Gasteiger partial charge in [-0.2, -0.15) is 5.10 Å². The summed E-state index contributed by atoms with van der Waals surface area (Å²) in [6.45, 7) is 4.31. The lowest BCUT2D eigenvalue weighted by molar-refractivity contribution is 0.324. The Labute approximate surface area is 185 Å². The van der Waals surface area contributed by atoms with E-state index in [1.54, 1.807) is 38.7 Å². The van der Waals surface area contributed by atoms with Crippen LogP contribution in [-0.4, -0.2) is 38.3 Å². The first-order valence-corrected chi connectivity index (χ1v) is 10.9. The minimum Gasteiger partial charge on any atom is -0.493 e. The van der Waals surface area contributed by atoms with E-state index in [0.717, 1.165) is 34.6 Å². The zero-order valence-corrected chi connectivity index (χ0v) is 18.7. The fraction of sp³-hybridized carbons (Fsp3) is 0.250. The molecule has 1 heterocycles. The molecule has 0 radical (unpaired) electrons. The molecule has 31 heavy (non-hydrogen) atoms. The van der Waals surface area contributed by atoms with E-state index >= 15 is 0 Å². The van der Waals surface area contributed by atoms with E-state index < -0.39 is 0 Å². The number of methoxy groups -OCH3 is 3. The number of rotatable bonds is 7. The Balaban J connectivity index is 1.91. The largest absolute Gasteiger partial charge is 0.493 e. The molecular formula is C24H25N3O3S. The van der Waals surface area contributed by atoms with Crippen LogP contribution in [0.1, 0.15) is 17.5 Å². The highest BCUT2D eigenvalue weighted by atomic mass is 32.1. The van der Waals surface area contributed by atoms with Gasteiger partial charge in [-0.15, -0.1) is 17.9 Å². The number of hydrogen-bond donors (Lipinski definition) is 0. The van der Waals surface area contributed by atoms with E-state index in [-0.39, 0.29) is 0 Å². The van der Waals surface area contributed by atoms with Crippen molar-refractivity contribution in [3.63, 3.8) is 0 Å². The van der Waals surface area contributed by atoms with E-state index in [9.17, 15) is 0 Å². The summed E-state index contributed by atoms with van der Waals surface area (Å²) >= 11 is 1.54. The van der Waals surface area contributed by atoms with Crippen LogP contribution in [-0.2, 0) is 6.42 Å². The van der Waals surface area contributed by atoms with Crippen molar-refractivity contribution in [2.24, 2.45) is 10.1 Å². The Kier molecular flexibility index (Phi) is 6.23. The predicted molar refractivity (Wildman–Crippen MR) is 125 cm³/mol. The zero-order chi connectivity index (χ0) is 21.8. The van der Waals surface area contributed by atoms with Crippen LogP contribution in [0.2, 0.25) is 0 Å². The molecule has 2 aromatic carbocycles. The smallest absolute Gasteiger partial charge is 0.206 e. The van der Waals surface area contributed by atoms with E-state index in [4.69, 9.17) is 19.3 Å². The van der Waals surface area contributed by atoms with E-state index in [1.165, 1.54) is 11.1 Å². The summed E-state index contributed by atoms with van der Waals surface area (Å²) < 4.78 is 18.5. The van der Waals surface area contributed by atoms with Crippen molar-refractivity contribution in [2.75, 3.05) is 27.9 Å². The third-order valence-electron chi connectivity index (χ3n) is 5.18. The number of benzene rings is 2. The number of hydrogen-bond acceptors (Lipinski definition) is 6. The monoisotopic (exact) mass is 435 g/mol. The molecule has 1 aromatic heterocycles. The van der Waals surface area contributed by atoms with E-state index in [1.807, 2.05) is 22.2 Å². The highest BCUT2D eigenvalue weighted by molar-refractivity contribution is 7.07. The van der Waals surface area contributed by atoms with Gasteiger partial charge in [0.05, 0.1) is 39.3 Å². The van der Waals surface area contributed by atoms with Gasteiger partial charge in [0, 0.05) is 16.5 Å². The van der Waals surface area contributed by atoms with Crippen molar-refractivity contribution in [1.82, 2.24) is 4.68 Å². The maximum atomic E-state index is 5.55. The van der Waals surface area contributed by atoms with Crippen molar-refractivity contribution >= 4 is 17.0 Å². The summed E-state index contributed by atoms with van der Waals surface area (Å²) in [7, 11) is 4.83. The number of aromatic nitrogens is 1. The maximum Gasteiger partial charge on any atom is 0.206 e. The fourth-order valence-electron chi connectivity index (χ4n) is 3.71. The van der Waals surface area contributed by atoms with Crippen LogP contribution in [0.4, 0.5) is 0 Å². The molecule has 0 atom stereocenters. The summed E-state index contributed by atoms with van der Waals surface area (Å²) in [6.07, 6.45) is 3.68. The molecule has 0 fully saturated rings. The Morgan fingerprint density at radius 1 is 1.06 bits per heavy atom. The topological polar surface area (TPSA) is 57.3 Å². The highest BCUT2D eigenvalue weighted by Crippen LogP contribution is 2.41. The lowest BCUT2D eigenvalue weighted by Crippen LogP contribution is -2.14. The first-order chi connectivity index (χ1) is 15.2. The molecule has 1 aliphatic carbocycles. The van der Waals surface area contributed by atoms with Gasteiger partial charge in [0.15, 0.2) is 11.5 Å². The molecule has 0 N–H and O–H groups in total. The molecule has 0 spiro atoms. The molecule has 4 rings (SSSR count). The SMILES string of the molecule is C=CCN=c1scc(-c2cc(OC)c(OC)c(OC)c2)n1N=C1CCc2ccccc21. The number of thiazole rings is 1. The van der Waals surface area contributed by atoms with Gasteiger partial charge in [0.1, 0.15) is 0 Å². The van der Waals surface area contributed by atoms with E-state index in [2.05, 4.69) is 35.8 Å². The second-order valence-corrected chi connectivity index (χ2v) is 7.80. The van der Waals surface area contributed by atoms with Gasteiger partial charge in [-0.25, -0.2) is 4.68 Å². The molecule has 0 bridgehead atoms. The van der Waals surface area contributed by atoms with Gasteiger partial charge < -0.3 is 14.2 Å². The zero-order valence-electron chi connectivity index (χ0n) is 17.9. The van der Waals surface area contributed by atoms with Gasteiger partial charge in [-0.05, 0) is 30.5 Å². The van der Waals surface area contributed by atoms with Crippen molar-refractivity contribution in [2.45, 2.75) is 12.8 Å². The number of fused-ring (bicyclic) bond motifs is 1. The van der Waals surface area contributed by atoms with Crippen molar-refractivity contribution in [3.8, 4) is 28.5 Å². The van der Waals surface area contributed by atoms with Crippen LogP contribution in [0.15, 0.2) is 64.5 Å². The Hall–Kier alpha value is -3.32. The molecule has 3 aromatic rings. The van der Waals surface area contributed by atoms with Crippen LogP contribution in [0.3, 0.4) is 0 Å². The fourth-order valence-corrected chi connectivity index (χ4v) is 4.55. The van der Waals surface area contributed by atoms with Gasteiger partial charge in [-0.3, -0.25) is 4.99 Å². The Bertz CT molecular complexity index is 1180. The second kappa shape index (κ2) is 9.22. The lowest BCUT2D eigenvalue weighted by Gasteiger charge is -2.14. The molecule has 0 unspecified atom stereocenters. The number of aryl methyl sites for hydroxylation is 1. The summed E-state index contributed by atoms with van der Waals surface area (Å²) in [5.74, 6) is 1.75. The summed E-state index contributed by atoms with van der Waals surface area (Å²) in [5.41, 5.74) is 5.40. The standard InChI is InChI=1S/C24H25N3O3S/c1-5-12-25-24-27(26-19-11-10-16-8-6-7-9-18(16)19)20(15-31-24)17-13-21(28-2)23(30-4)22(14-17)29-3/h5-9,13-15H,1,10-12H2,2-4H3. The first-order valence-electron chi connectivity index (χ1n) is 9.98. The molecule has 7 heteroatoms. The van der Waals surface area contributed by atoms with E-state index in [0.29, 0.717) is 23.8 Å². The van der Waals surface area contributed by atoms with Crippen LogP contribution in [0.5, 0.6) is 17.2 Å². The average Bonchev–Trinajstić information content (AvgIpc) is 3.41. The highest BCUT2D eigenvalue weighted by Gasteiger charge is 2.20. The average molecular weight is 436 g/mol. The Morgan fingerprint density at radius 3 is 2.48 bits per heavy atom. The second-order valence-electron chi connectivity index (χ2n) is 6.96. The maximum absolute atomic E-state index is 5.55. The van der Waals surface area contributed by atoms with Crippen LogP contribution in [0.25, 0.3) is 11.3 Å². The van der Waals surface area contributed by atoms with Crippen molar-refractivity contribution in [3.05, 3.63) is 70.4 Å². The van der Waals surface area contributed by atoms with Crippen LogP contribution >= 0.6 is 11.3 Å².